The molecular weight excluding hydrogens is 316 g/mol. The van der Waals surface area contributed by atoms with Crippen LogP contribution >= 0.6 is 0 Å². The molecule has 0 aliphatic heterocycles. The molecule has 0 aromatic heterocycles. The van der Waals surface area contributed by atoms with Crippen LogP contribution in [-0.4, -0.2) is 22.8 Å². The highest BCUT2D eigenvalue weighted by Crippen LogP contribution is 2.25. The Morgan fingerprint density at radius 3 is 2.12 bits per heavy atom. The maximum atomic E-state index is 11.6. The number of unbranched alkanes of at least 4 members (excludes halogenated alkanes) is 9. The predicted molar refractivity (Wildman–Crippen MR) is 102 cm³/mol. The lowest BCUT2D eigenvalue weighted by Gasteiger charge is -2.03. The van der Waals surface area contributed by atoms with Crippen LogP contribution < -0.4 is 0 Å². The van der Waals surface area contributed by atoms with Crippen molar-refractivity contribution >= 4 is 12.0 Å². The summed E-state index contributed by atoms with van der Waals surface area (Å²) in [6.45, 7) is 2.68. The first-order valence-electron chi connectivity index (χ1n) is 9.50. The van der Waals surface area contributed by atoms with Crippen molar-refractivity contribution in [1.82, 2.24) is 0 Å². The van der Waals surface area contributed by atoms with Gasteiger partial charge < -0.3 is 14.9 Å². The number of hydrogen-bond acceptors (Lipinski definition) is 4. The molecule has 0 bridgehead atoms. The maximum absolute atomic E-state index is 11.6. The van der Waals surface area contributed by atoms with Gasteiger partial charge in [0.1, 0.15) is 0 Å². The summed E-state index contributed by atoms with van der Waals surface area (Å²) in [4.78, 5) is 11.6. The van der Waals surface area contributed by atoms with Gasteiger partial charge in [-0.05, 0) is 30.2 Å². The highest BCUT2D eigenvalue weighted by molar-refractivity contribution is 5.87. The molecule has 1 aromatic rings. The molecule has 0 saturated carbocycles. The summed E-state index contributed by atoms with van der Waals surface area (Å²) >= 11 is 0. The van der Waals surface area contributed by atoms with Gasteiger partial charge in [-0.25, -0.2) is 4.79 Å². The van der Waals surface area contributed by atoms with E-state index in [4.69, 9.17) is 4.74 Å². The van der Waals surface area contributed by atoms with Crippen molar-refractivity contribution < 1.29 is 19.7 Å². The van der Waals surface area contributed by atoms with Crippen molar-refractivity contribution in [2.24, 2.45) is 0 Å². The molecule has 1 aromatic carbocycles. The molecule has 4 nitrogen and oxygen atoms in total. The third-order valence-corrected chi connectivity index (χ3v) is 4.15. The smallest absolute Gasteiger partial charge is 0.330 e. The van der Waals surface area contributed by atoms with Crippen LogP contribution in [0.15, 0.2) is 24.3 Å². The normalized spacial score (nSPS) is 11.1. The molecule has 0 atom stereocenters. The number of carbonyl (C=O) groups excluding carboxylic acids is 1. The molecule has 140 valence electrons. The third-order valence-electron chi connectivity index (χ3n) is 4.15. The molecule has 0 heterocycles. The Hall–Kier alpha value is -1.97. The second-order valence-electron chi connectivity index (χ2n) is 6.43. The summed E-state index contributed by atoms with van der Waals surface area (Å²) < 4.78 is 5.15. The summed E-state index contributed by atoms with van der Waals surface area (Å²) in [6.07, 6.45) is 15.4. The monoisotopic (exact) mass is 348 g/mol. The molecular formula is C21H32O4. The zero-order valence-electron chi connectivity index (χ0n) is 15.4. The first-order valence-corrected chi connectivity index (χ1v) is 9.50. The van der Waals surface area contributed by atoms with Crippen LogP contribution in [-0.2, 0) is 9.53 Å². The highest BCUT2D eigenvalue weighted by Gasteiger charge is 2.00. The number of aromatic hydroxyl groups is 2. The number of ether oxygens (including phenoxy) is 1. The van der Waals surface area contributed by atoms with Gasteiger partial charge in [-0.15, -0.1) is 0 Å². The maximum Gasteiger partial charge on any atom is 0.330 e. The van der Waals surface area contributed by atoms with E-state index in [0.717, 1.165) is 12.8 Å². The van der Waals surface area contributed by atoms with Crippen molar-refractivity contribution in [3.05, 3.63) is 29.8 Å². The number of carbonyl (C=O) groups is 1. The van der Waals surface area contributed by atoms with Gasteiger partial charge in [0.25, 0.3) is 0 Å². The highest BCUT2D eigenvalue weighted by atomic mass is 16.5. The lowest BCUT2D eigenvalue weighted by Crippen LogP contribution is -2.02. The van der Waals surface area contributed by atoms with E-state index < -0.39 is 0 Å². The van der Waals surface area contributed by atoms with Gasteiger partial charge in [-0.3, -0.25) is 0 Å². The fourth-order valence-corrected chi connectivity index (χ4v) is 2.62. The summed E-state index contributed by atoms with van der Waals surface area (Å²) in [5.41, 5.74) is 0.631. The van der Waals surface area contributed by atoms with E-state index >= 15 is 0 Å². The molecule has 0 aliphatic rings. The van der Waals surface area contributed by atoms with E-state index in [0.29, 0.717) is 12.2 Å². The standard InChI is InChI=1S/C21H32O4/c1-2-3-4-5-6-7-8-9-10-11-16-25-21(24)15-13-18-12-14-19(22)20(23)17-18/h12-15,17,22-23H,2-11,16H2,1H3/b15-13+. The van der Waals surface area contributed by atoms with Crippen molar-refractivity contribution in [2.75, 3.05) is 6.61 Å². The Balaban J connectivity index is 2.01. The zero-order chi connectivity index (χ0) is 18.3. The first-order chi connectivity index (χ1) is 12.1. The van der Waals surface area contributed by atoms with Crippen LogP contribution in [0.1, 0.15) is 76.7 Å². The summed E-state index contributed by atoms with van der Waals surface area (Å²) in [7, 11) is 0. The van der Waals surface area contributed by atoms with Crippen molar-refractivity contribution in [1.29, 1.82) is 0 Å². The summed E-state index contributed by atoms with van der Waals surface area (Å²) in [6, 6.07) is 4.38. The van der Waals surface area contributed by atoms with Crippen LogP contribution in [0.2, 0.25) is 0 Å². The fourth-order valence-electron chi connectivity index (χ4n) is 2.62. The molecule has 0 amide bonds. The Morgan fingerprint density at radius 2 is 1.52 bits per heavy atom. The van der Waals surface area contributed by atoms with Crippen LogP contribution in [0.3, 0.4) is 0 Å². The van der Waals surface area contributed by atoms with Gasteiger partial charge in [0, 0.05) is 6.08 Å². The average Bonchev–Trinajstić information content (AvgIpc) is 2.60. The first kappa shape index (κ1) is 21.1. The number of rotatable bonds is 13. The number of phenolic OH excluding ortho intramolecular Hbond substituents is 2. The molecule has 0 radical (unpaired) electrons. The molecule has 0 saturated heterocycles. The largest absolute Gasteiger partial charge is 0.504 e. The lowest BCUT2D eigenvalue weighted by atomic mass is 10.1. The fraction of sp³-hybridized carbons (Fsp3) is 0.571. The van der Waals surface area contributed by atoms with E-state index in [1.54, 1.807) is 12.1 Å². The Labute approximate surface area is 151 Å². The van der Waals surface area contributed by atoms with Crippen molar-refractivity contribution in [2.45, 2.75) is 71.1 Å². The molecule has 0 fully saturated rings. The predicted octanol–water partition coefficient (Wildman–Crippen LogP) is 5.58. The van der Waals surface area contributed by atoms with E-state index in [-0.39, 0.29) is 17.5 Å². The van der Waals surface area contributed by atoms with Gasteiger partial charge >= 0.3 is 5.97 Å². The van der Waals surface area contributed by atoms with E-state index in [1.807, 2.05) is 0 Å². The van der Waals surface area contributed by atoms with Gasteiger partial charge in [0.15, 0.2) is 11.5 Å². The zero-order valence-corrected chi connectivity index (χ0v) is 15.4. The Kier molecular flexibility index (Phi) is 11.2. The SMILES string of the molecule is CCCCCCCCCCCCOC(=O)/C=C/c1ccc(O)c(O)c1. The quantitative estimate of drug-likeness (QED) is 0.211. The van der Waals surface area contributed by atoms with Crippen LogP contribution in [0.4, 0.5) is 0 Å². The topological polar surface area (TPSA) is 66.8 Å². The third kappa shape index (κ3) is 10.5. The second kappa shape index (κ2) is 13.3. The number of hydrogen-bond donors (Lipinski definition) is 2. The van der Waals surface area contributed by atoms with Gasteiger partial charge in [-0.1, -0.05) is 70.8 Å². The van der Waals surface area contributed by atoms with Crippen LogP contribution in [0, 0.1) is 0 Å². The molecule has 0 spiro atoms. The van der Waals surface area contributed by atoms with E-state index in [1.165, 1.54) is 69.6 Å². The molecule has 4 heteroatoms. The molecule has 0 unspecified atom stereocenters. The minimum atomic E-state index is -0.386. The molecule has 25 heavy (non-hydrogen) atoms. The second-order valence-corrected chi connectivity index (χ2v) is 6.43. The minimum absolute atomic E-state index is 0.180. The minimum Gasteiger partial charge on any atom is -0.504 e. The van der Waals surface area contributed by atoms with Crippen molar-refractivity contribution in [3.63, 3.8) is 0 Å². The van der Waals surface area contributed by atoms with Gasteiger partial charge in [0.2, 0.25) is 0 Å². The summed E-state index contributed by atoms with van der Waals surface area (Å²) in [5, 5.41) is 18.6. The van der Waals surface area contributed by atoms with E-state index in [2.05, 4.69) is 6.92 Å². The van der Waals surface area contributed by atoms with Gasteiger partial charge in [-0.2, -0.15) is 0 Å². The molecule has 1 rings (SSSR count). The average molecular weight is 348 g/mol. The molecule has 2 N–H and O–H groups in total. The Bertz CT molecular complexity index is 523. The number of esters is 1. The number of benzene rings is 1. The van der Waals surface area contributed by atoms with Crippen LogP contribution in [0.5, 0.6) is 11.5 Å². The number of phenols is 2. The van der Waals surface area contributed by atoms with Gasteiger partial charge in [0.05, 0.1) is 6.61 Å². The van der Waals surface area contributed by atoms with Crippen molar-refractivity contribution in [3.8, 4) is 11.5 Å². The summed E-state index contributed by atoms with van der Waals surface area (Å²) in [5.74, 6) is -0.773. The molecule has 0 aliphatic carbocycles. The van der Waals surface area contributed by atoms with E-state index in [9.17, 15) is 15.0 Å². The van der Waals surface area contributed by atoms with Crippen LogP contribution in [0.25, 0.3) is 6.08 Å². The lowest BCUT2D eigenvalue weighted by molar-refractivity contribution is -0.137. The Morgan fingerprint density at radius 1 is 0.920 bits per heavy atom.